The number of hydrogen-bond acceptors (Lipinski definition) is 1. The Balaban J connectivity index is 2.14. The third-order valence-corrected chi connectivity index (χ3v) is 4.66. The minimum Gasteiger partial charge on any atom is -0.384 e. The second-order valence-electron chi connectivity index (χ2n) is 6.03. The fourth-order valence-electron chi connectivity index (χ4n) is 3.66. The van der Waals surface area contributed by atoms with Gasteiger partial charge in [0.25, 0.3) is 0 Å². The molecule has 0 bridgehead atoms. The van der Waals surface area contributed by atoms with E-state index in [1.165, 1.54) is 40.5 Å². The summed E-state index contributed by atoms with van der Waals surface area (Å²) >= 11 is 0. The van der Waals surface area contributed by atoms with Crippen LogP contribution in [0, 0.1) is 5.92 Å². The van der Waals surface area contributed by atoms with Crippen LogP contribution >= 0.6 is 0 Å². The van der Waals surface area contributed by atoms with Crippen LogP contribution in [-0.2, 0) is 0 Å². The molecule has 1 nitrogen and oxygen atoms in total. The van der Waals surface area contributed by atoms with E-state index in [2.05, 4.69) is 54.8 Å². The zero-order chi connectivity index (χ0) is 12.8. The lowest BCUT2D eigenvalue weighted by molar-refractivity contribution is 0.437. The van der Waals surface area contributed by atoms with Crippen molar-refractivity contribution in [3.8, 4) is 0 Å². The van der Waals surface area contributed by atoms with E-state index in [4.69, 9.17) is 0 Å². The van der Waals surface area contributed by atoms with Crippen molar-refractivity contribution in [1.82, 2.24) is 5.32 Å². The molecule has 1 N–H and O–H groups in total. The van der Waals surface area contributed by atoms with Gasteiger partial charge >= 0.3 is 0 Å². The third kappa shape index (κ3) is 1.68. The molecule has 2 aliphatic rings. The van der Waals surface area contributed by atoms with E-state index in [9.17, 15) is 0 Å². The average Bonchev–Trinajstić information content (AvgIpc) is 2.46. The minimum absolute atomic E-state index is 0.564. The molecule has 1 aliphatic carbocycles. The highest BCUT2D eigenvalue weighted by molar-refractivity contribution is 5.86. The summed E-state index contributed by atoms with van der Waals surface area (Å²) < 4.78 is 0. The largest absolute Gasteiger partial charge is 0.384 e. The maximum atomic E-state index is 3.60. The quantitative estimate of drug-likeness (QED) is 0.756. The van der Waals surface area contributed by atoms with Gasteiger partial charge in [-0.2, -0.15) is 0 Å². The van der Waals surface area contributed by atoms with Crippen molar-refractivity contribution in [2.45, 2.75) is 32.2 Å². The smallest absolute Gasteiger partial charge is 0.0477 e. The van der Waals surface area contributed by atoms with E-state index in [0.717, 1.165) is 5.92 Å². The molecular weight excluding hydrogens is 230 g/mol. The first kappa shape index (κ1) is 11.1. The summed E-state index contributed by atoms with van der Waals surface area (Å²) in [5.41, 5.74) is 1.63. The Morgan fingerprint density at radius 2 is 1.95 bits per heavy atom. The van der Waals surface area contributed by atoms with Gasteiger partial charge in [0, 0.05) is 12.2 Å². The van der Waals surface area contributed by atoms with E-state index in [-0.39, 0.29) is 0 Å². The molecule has 0 radical (unpaired) electrons. The first-order chi connectivity index (χ1) is 9.33. The molecule has 1 fully saturated rings. The van der Waals surface area contributed by atoms with E-state index in [1.807, 2.05) is 0 Å². The SMILES string of the molecule is CC1CCC2NC=c3ccc4ccccc4c3=C2C1. The second-order valence-corrected chi connectivity index (χ2v) is 6.03. The number of benzene rings is 2. The molecule has 0 aromatic heterocycles. The molecule has 0 spiro atoms. The second kappa shape index (κ2) is 4.12. The van der Waals surface area contributed by atoms with E-state index in [0.29, 0.717) is 6.04 Å². The number of rotatable bonds is 0. The maximum Gasteiger partial charge on any atom is 0.0477 e. The highest BCUT2D eigenvalue weighted by atomic mass is 14.9. The van der Waals surface area contributed by atoms with Crippen molar-refractivity contribution in [2.24, 2.45) is 5.92 Å². The summed E-state index contributed by atoms with van der Waals surface area (Å²) in [6.45, 7) is 2.38. The van der Waals surface area contributed by atoms with Crippen molar-refractivity contribution in [2.75, 3.05) is 0 Å². The fraction of sp³-hybridized carbons (Fsp3) is 0.333. The third-order valence-electron chi connectivity index (χ3n) is 4.66. The van der Waals surface area contributed by atoms with Gasteiger partial charge in [0.2, 0.25) is 0 Å². The molecule has 1 saturated carbocycles. The Morgan fingerprint density at radius 1 is 1.05 bits per heavy atom. The summed E-state index contributed by atoms with van der Waals surface area (Å²) in [5, 5.41) is 9.25. The van der Waals surface area contributed by atoms with Gasteiger partial charge in [-0.3, -0.25) is 0 Å². The monoisotopic (exact) mass is 249 g/mol. The molecule has 0 amide bonds. The van der Waals surface area contributed by atoms with Gasteiger partial charge in [-0.05, 0) is 52.0 Å². The lowest BCUT2D eigenvalue weighted by Gasteiger charge is -2.32. The van der Waals surface area contributed by atoms with Crippen LogP contribution < -0.4 is 15.8 Å². The highest BCUT2D eigenvalue weighted by Gasteiger charge is 2.25. The molecule has 2 unspecified atom stereocenters. The zero-order valence-corrected chi connectivity index (χ0v) is 11.3. The Kier molecular flexibility index (Phi) is 2.41. The van der Waals surface area contributed by atoms with Crippen LogP contribution in [0.5, 0.6) is 0 Å². The van der Waals surface area contributed by atoms with Gasteiger partial charge in [-0.25, -0.2) is 0 Å². The first-order valence-corrected chi connectivity index (χ1v) is 7.30. The van der Waals surface area contributed by atoms with Crippen LogP contribution in [0.2, 0.25) is 0 Å². The highest BCUT2D eigenvalue weighted by Crippen LogP contribution is 2.29. The van der Waals surface area contributed by atoms with Crippen molar-refractivity contribution >= 4 is 22.5 Å². The van der Waals surface area contributed by atoms with Crippen LogP contribution in [0.25, 0.3) is 22.5 Å². The molecule has 1 heterocycles. The maximum absolute atomic E-state index is 3.60. The summed E-state index contributed by atoms with van der Waals surface area (Å²) in [7, 11) is 0. The molecule has 2 atom stereocenters. The lowest BCUT2D eigenvalue weighted by atomic mass is 9.80. The van der Waals surface area contributed by atoms with Crippen molar-refractivity contribution in [3.05, 3.63) is 46.8 Å². The number of nitrogens with one attached hydrogen (secondary N) is 1. The van der Waals surface area contributed by atoms with Crippen molar-refractivity contribution in [3.63, 3.8) is 0 Å². The van der Waals surface area contributed by atoms with Crippen molar-refractivity contribution < 1.29 is 0 Å². The van der Waals surface area contributed by atoms with Crippen LogP contribution in [0.1, 0.15) is 26.2 Å². The molecule has 19 heavy (non-hydrogen) atoms. The summed E-state index contributed by atoms with van der Waals surface area (Å²) in [4.78, 5) is 0. The normalized spacial score (nSPS) is 25.2. The van der Waals surface area contributed by atoms with E-state index in [1.54, 1.807) is 5.57 Å². The summed E-state index contributed by atoms with van der Waals surface area (Å²) in [6, 6.07) is 13.8. The first-order valence-electron chi connectivity index (χ1n) is 7.30. The van der Waals surface area contributed by atoms with E-state index < -0.39 is 0 Å². The lowest BCUT2D eigenvalue weighted by Crippen LogP contribution is -2.45. The van der Waals surface area contributed by atoms with Crippen LogP contribution in [0.3, 0.4) is 0 Å². The molecule has 0 saturated heterocycles. The summed E-state index contributed by atoms with van der Waals surface area (Å²) in [5.74, 6) is 0.818. The van der Waals surface area contributed by atoms with Gasteiger partial charge < -0.3 is 5.32 Å². The topological polar surface area (TPSA) is 12.0 Å². The fourth-order valence-corrected chi connectivity index (χ4v) is 3.66. The molecule has 96 valence electrons. The molecule has 2 aromatic carbocycles. The number of hydrogen-bond donors (Lipinski definition) is 1. The predicted octanol–water partition coefficient (Wildman–Crippen LogP) is 2.52. The Hall–Kier alpha value is -1.76. The predicted molar refractivity (Wildman–Crippen MR) is 81.0 cm³/mol. The minimum atomic E-state index is 0.564. The standard InChI is InChI=1S/C18H19N/c1-12-6-9-17-16(10-12)18-14(11-19-17)8-7-13-4-2-3-5-15(13)18/h2-5,7-8,11-12,17,19H,6,9-10H2,1H3. The molecular formula is C18H19N. The van der Waals surface area contributed by atoms with Gasteiger partial charge in [0.05, 0.1) is 0 Å². The molecule has 1 aliphatic heterocycles. The average molecular weight is 249 g/mol. The van der Waals surface area contributed by atoms with Crippen LogP contribution in [0.15, 0.2) is 36.4 Å². The van der Waals surface area contributed by atoms with Gasteiger partial charge in [-0.1, -0.05) is 43.3 Å². The van der Waals surface area contributed by atoms with Gasteiger partial charge in [-0.15, -0.1) is 0 Å². The van der Waals surface area contributed by atoms with Gasteiger partial charge in [0.1, 0.15) is 0 Å². The Bertz CT molecular complexity index is 757. The molecule has 4 rings (SSSR count). The van der Waals surface area contributed by atoms with Gasteiger partial charge in [0.15, 0.2) is 0 Å². The van der Waals surface area contributed by atoms with Crippen LogP contribution in [0.4, 0.5) is 0 Å². The summed E-state index contributed by atoms with van der Waals surface area (Å²) in [6.07, 6.45) is 6.07. The van der Waals surface area contributed by atoms with E-state index >= 15 is 0 Å². The number of fused-ring (bicyclic) bond motifs is 4. The zero-order valence-electron chi connectivity index (χ0n) is 11.3. The molecule has 2 aromatic rings. The Morgan fingerprint density at radius 3 is 2.89 bits per heavy atom. The van der Waals surface area contributed by atoms with Crippen LogP contribution in [-0.4, -0.2) is 6.04 Å². The van der Waals surface area contributed by atoms with Crippen molar-refractivity contribution in [1.29, 1.82) is 0 Å². The molecule has 1 heteroatoms. The Labute approximate surface area is 113 Å².